The summed E-state index contributed by atoms with van der Waals surface area (Å²) in [4.78, 5) is 25.2. The number of aromatic amines is 1. The zero-order chi connectivity index (χ0) is 26.0. The van der Waals surface area contributed by atoms with Gasteiger partial charge in [0.25, 0.3) is 12.3 Å². The van der Waals surface area contributed by atoms with Crippen LogP contribution in [0.4, 0.5) is 26.3 Å². The third-order valence-corrected chi connectivity index (χ3v) is 5.86. The van der Waals surface area contributed by atoms with E-state index >= 15 is 0 Å². The summed E-state index contributed by atoms with van der Waals surface area (Å²) in [5, 5.41) is 4.23. The Hall–Kier alpha value is -3.84. The van der Waals surface area contributed by atoms with E-state index < -0.39 is 53.1 Å². The van der Waals surface area contributed by atoms with Crippen LogP contribution in [0.2, 0.25) is 0 Å². The SMILES string of the molecule is CC(C)(F)c1nc(C(F)F)c(C(=O)N2CCc3[nH]cnc3[C@H]2c2cc3c(C(F)(F)F)cccn3n2)o1. The maximum Gasteiger partial charge on any atom is 0.418 e. The smallest absolute Gasteiger partial charge is 0.418 e. The van der Waals surface area contributed by atoms with E-state index in [-0.39, 0.29) is 29.9 Å². The fraction of sp³-hybridized carbons (Fsp3) is 0.364. The molecule has 4 aromatic rings. The van der Waals surface area contributed by atoms with Crippen LogP contribution in [-0.2, 0) is 18.3 Å². The standard InChI is InChI=1S/C22H18F6N6O2/c1-21(2,25)20-31-15(18(23)24)17(36-20)19(35)33-7-5-11-14(30-9-29-11)16(33)12-8-13-10(22(26,27)28)4-3-6-34(13)32-12/h3-4,6,8-9,16,18H,5,7H2,1-2H3,(H,29,30)/t16-/m1/s1. The molecule has 8 nitrogen and oxygen atoms in total. The highest BCUT2D eigenvalue weighted by molar-refractivity contribution is 5.93. The van der Waals surface area contributed by atoms with Crippen LogP contribution >= 0.6 is 0 Å². The maximum atomic E-state index is 14.4. The highest BCUT2D eigenvalue weighted by Gasteiger charge is 2.42. The van der Waals surface area contributed by atoms with Gasteiger partial charge in [-0.25, -0.2) is 27.7 Å². The van der Waals surface area contributed by atoms with Gasteiger partial charge in [0, 0.05) is 24.9 Å². The number of aromatic nitrogens is 5. The summed E-state index contributed by atoms with van der Waals surface area (Å²) in [7, 11) is 0. The molecule has 1 aliphatic heterocycles. The summed E-state index contributed by atoms with van der Waals surface area (Å²) in [6.07, 6.45) is -4.99. The number of carbonyl (C=O) groups excluding carboxylic acids is 1. The normalized spacial score (nSPS) is 16.7. The van der Waals surface area contributed by atoms with E-state index in [4.69, 9.17) is 4.42 Å². The Morgan fingerprint density at radius 1 is 1.25 bits per heavy atom. The average molecular weight is 512 g/mol. The molecule has 36 heavy (non-hydrogen) atoms. The second kappa shape index (κ2) is 8.10. The highest BCUT2D eigenvalue weighted by atomic mass is 19.4. The molecular formula is C22H18F6N6O2. The molecule has 0 saturated heterocycles. The van der Waals surface area contributed by atoms with E-state index in [9.17, 15) is 31.1 Å². The zero-order valence-corrected chi connectivity index (χ0v) is 18.8. The van der Waals surface area contributed by atoms with Crippen molar-refractivity contribution in [3.05, 3.63) is 70.7 Å². The van der Waals surface area contributed by atoms with Crippen molar-refractivity contribution in [3.63, 3.8) is 0 Å². The lowest BCUT2D eigenvalue weighted by Gasteiger charge is -2.33. The largest absolute Gasteiger partial charge is 0.431 e. The maximum absolute atomic E-state index is 14.4. The number of H-pyrrole nitrogens is 1. The first-order chi connectivity index (χ1) is 16.9. The minimum Gasteiger partial charge on any atom is -0.431 e. The molecule has 1 atom stereocenters. The van der Waals surface area contributed by atoms with Crippen molar-refractivity contribution in [2.24, 2.45) is 0 Å². The molecule has 5 rings (SSSR count). The van der Waals surface area contributed by atoms with Crippen LogP contribution in [0.1, 0.15) is 71.1 Å². The van der Waals surface area contributed by atoms with Crippen LogP contribution in [0.3, 0.4) is 0 Å². The van der Waals surface area contributed by atoms with E-state index in [0.29, 0.717) is 5.69 Å². The van der Waals surface area contributed by atoms with Crippen molar-refractivity contribution >= 4 is 11.4 Å². The van der Waals surface area contributed by atoms with E-state index in [1.807, 2.05) is 0 Å². The van der Waals surface area contributed by atoms with Gasteiger partial charge in [0.15, 0.2) is 11.4 Å². The lowest BCUT2D eigenvalue weighted by molar-refractivity contribution is -0.136. The van der Waals surface area contributed by atoms with Gasteiger partial charge in [0.2, 0.25) is 11.7 Å². The fourth-order valence-corrected chi connectivity index (χ4v) is 4.22. The van der Waals surface area contributed by atoms with Crippen LogP contribution in [0.5, 0.6) is 0 Å². The quantitative estimate of drug-likeness (QED) is 0.389. The summed E-state index contributed by atoms with van der Waals surface area (Å²) in [6.45, 7) is 2.05. The predicted octanol–water partition coefficient (Wildman–Crippen LogP) is 4.99. The first kappa shape index (κ1) is 23.9. The molecule has 190 valence electrons. The first-order valence-corrected chi connectivity index (χ1v) is 10.7. The number of nitrogens with zero attached hydrogens (tertiary/aromatic N) is 5. The molecule has 0 saturated carbocycles. The minimum absolute atomic E-state index is 0.0252. The number of imidazole rings is 1. The number of oxazole rings is 1. The minimum atomic E-state index is -4.67. The van der Waals surface area contributed by atoms with Crippen molar-refractivity contribution in [3.8, 4) is 0 Å². The molecule has 14 heteroatoms. The molecule has 4 aromatic heterocycles. The van der Waals surface area contributed by atoms with E-state index in [1.165, 1.54) is 24.7 Å². The highest BCUT2D eigenvalue weighted by Crippen LogP contribution is 2.39. The van der Waals surface area contributed by atoms with Crippen molar-refractivity contribution in [1.29, 1.82) is 0 Å². The molecule has 1 N–H and O–H groups in total. The molecule has 0 bridgehead atoms. The summed E-state index contributed by atoms with van der Waals surface area (Å²) in [6, 6.07) is 2.11. The molecule has 0 aliphatic carbocycles. The van der Waals surface area contributed by atoms with Crippen molar-refractivity contribution in [2.75, 3.05) is 6.54 Å². The average Bonchev–Trinajstić information content (AvgIpc) is 3.53. The summed E-state index contributed by atoms with van der Waals surface area (Å²) in [5.74, 6) is -2.59. The van der Waals surface area contributed by atoms with Gasteiger partial charge in [-0.05, 0) is 32.0 Å². The van der Waals surface area contributed by atoms with Gasteiger partial charge in [-0.2, -0.15) is 18.3 Å². The van der Waals surface area contributed by atoms with E-state index in [1.54, 1.807) is 0 Å². The van der Waals surface area contributed by atoms with Crippen LogP contribution in [-0.4, -0.2) is 41.9 Å². The number of fused-ring (bicyclic) bond motifs is 2. The number of amides is 1. The molecule has 0 radical (unpaired) electrons. The first-order valence-electron chi connectivity index (χ1n) is 10.7. The van der Waals surface area contributed by atoms with E-state index in [0.717, 1.165) is 29.3 Å². The summed E-state index contributed by atoms with van der Waals surface area (Å²) < 4.78 is 88.7. The monoisotopic (exact) mass is 512 g/mol. The van der Waals surface area contributed by atoms with Crippen LogP contribution in [0.25, 0.3) is 5.52 Å². The molecule has 0 spiro atoms. The Morgan fingerprint density at radius 3 is 2.67 bits per heavy atom. The number of hydrogen-bond donors (Lipinski definition) is 1. The van der Waals surface area contributed by atoms with Gasteiger partial charge in [-0.1, -0.05) is 0 Å². The number of alkyl halides is 6. The Kier molecular flexibility index (Phi) is 5.37. The number of rotatable bonds is 4. The Balaban J connectivity index is 1.64. The van der Waals surface area contributed by atoms with Gasteiger partial charge < -0.3 is 14.3 Å². The van der Waals surface area contributed by atoms with Crippen LogP contribution < -0.4 is 0 Å². The number of carbonyl (C=O) groups is 1. The Morgan fingerprint density at radius 2 is 2.00 bits per heavy atom. The third kappa shape index (κ3) is 3.89. The van der Waals surface area contributed by atoms with Gasteiger partial charge in [-0.15, -0.1) is 0 Å². The van der Waals surface area contributed by atoms with Crippen molar-refractivity contribution in [2.45, 2.75) is 44.6 Å². The van der Waals surface area contributed by atoms with Gasteiger partial charge in [0.05, 0.1) is 28.8 Å². The predicted molar refractivity (Wildman–Crippen MR) is 111 cm³/mol. The second-order valence-electron chi connectivity index (χ2n) is 8.74. The van der Waals surface area contributed by atoms with Gasteiger partial charge in [0.1, 0.15) is 6.04 Å². The third-order valence-electron chi connectivity index (χ3n) is 5.86. The summed E-state index contributed by atoms with van der Waals surface area (Å²) >= 11 is 0. The fourth-order valence-electron chi connectivity index (χ4n) is 4.22. The molecule has 0 aromatic carbocycles. The molecule has 5 heterocycles. The summed E-state index contributed by atoms with van der Waals surface area (Å²) in [5.41, 5.74) is -3.55. The van der Waals surface area contributed by atoms with Gasteiger partial charge in [-0.3, -0.25) is 4.79 Å². The molecule has 0 unspecified atom stereocenters. The molecule has 0 fully saturated rings. The lowest BCUT2D eigenvalue weighted by Crippen LogP contribution is -2.41. The molecule has 1 amide bonds. The second-order valence-corrected chi connectivity index (χ2v) is 8.74. The van der Waals surface area contributed by atoms with Crippen molar-refractivity contribution in [1.82, 2.24) is 29.5 Å². The Labute approximate surface area is 198 Å². The number of halogens is 6. The van der Waals surface area contributed by atoms with Gasteiger partial charge >= 0.3 is 6.18 Å². The van der Waals surface area contributed by atoms with Crippen LogP contribution in [0, 0.1) is 0 Å². The number of nitrogens with one attached hydrogen (secondary N) is 1. The number of hydrogen-bond acceptors (Lipinski definition) is 5. The molecule has 1 aliphatic rings. The lowest BCUT2D eigenvalue weighted by atomic mass is 9.99. The number of pyridine rings is 1. The zero-order valence-electron chi connectivity index (χ0n) is 18.8. The van der Waals surface area contributed by atoms with E-state index in [2.05, 4.69) is 20.1 Å². The molecular weight excluding hydrogens is 494 g/mol. The van der Waals surface area contributed by atoms with Crippen LogP contribution in [0.15, 0.2) is 35.1 Å². The van der Waals surface area contributed by atoms with Crippen molar-refractivity contribution < 1.29 is 35.6 Å². The Bertz CT molecular complexity index is 1450. The topological polar surface area (TPSA) is 92.3 Å².